The minimum absolute atomic E-state index is 0.0791. The number of methoxy groups -OCH3 is 1. The molecule has 0 aliphatic carbocycles. The molecular weight excluding hydrogens is 272 g/mol. The van der Waals surface area contributed by atoms with Gasteiger partial charge in [-0.15, -0.1) is 11.8 Å². The molecule has 0 radical (unpaired) electrons. The van der Waals surface area contributed by atoms with Crippen LogP contribution < -0.4 is 0 Å². The van der Waals surface area contributed by atoms with Crippen LogP contribution in [0, 0.1) is 0 Å². The predicted molar refractivity (Wildman–Crippen MR) is 62.6 cm³/mol. The van der Waals surface area contributed by atoms with Gasteiger partial charge in [0.25, 0.3) is 9.05 Å². The van der Waals surface area contributed by atoms with Gasteiger partial charge in [-0.2, -0.15) is 0 Å². The first kappa shape index (κ1) is 13.3. The van der Waals surface area contributed by atoms with E-state index in [1.165, 1.54) is 37.1 Å². The second-order valence-corrected chi connectivity index (χ2v) is 6.18. The Morgan fingerprint density at radius 1 is 1.44 bits per heavy atom. The molecule has 0 saturated heterocycles. The van der Waals surface area contributed by atoms with Crippen molar-refractivity contribution < 1.29 is 17.9 Å². The van der Waals surface area contributed by atoms with E-state index >= 15 is 0 Å². The van der Waals surface area contributed by atoms with Gasteiger partial charge in [0.05, 0.1) is 17.6 Å². The van der Waals surface area contributed by atoms with Crippen molar-refractivity contribution in [2.24, 2.45) is 0 Å². The standard InChI is InChI=1S/C9H9ClO4S2/c1-14-9(11)6-3-4-7(15-2)8(5-6)16(10,12)13/h3-5H,1-2H3. The summed E-state index contributed by atoms with van der Waals surface area (Å²) < 4.78 is 27.0. The van der Waals surface area contributed by atoms with E-state index in [4.69, 9.17) is 10.7 Å². The molecule has 0 fully saturated rings. The molecule has 1 aromatic rings. The van der Waals surface area contributed by atoms with Gasteiger partial charge in [0.15, 0.2) is 0 Å². The van der Waals surface area contributed by atoms with Gasteiger partial charge in [0.2, 0.25) is 0 Å². The van der Waals surface area contributed by atoms with E-state index in [0.717, 1.165) is 0 Å². The van der Waals surface area contributed by atoms with Gasteiger partial charge in [-0.1, -0.05) is 0 Å². The smallest absolute Gasteiger partial charge is 0.337 e. The highest BCUT2D eigenvalue weighted by atomic mass is 35.7. The fourth-order valence-electron chi connectivity index (χ4n) is 1.11. The van der Waals surface area contributed by atoms with Crippen molar-refractivity contribution >= 4 is 37.5 Å². The third-order valence-electron chi connectivity index (χ3n) is 1.85. The summed E-state index contributed by atoms with van der Waals surface area (Å²) in [6, 6.07) is 4.22. The highest BCUT2D eigenvalue weighted by molar-refractivity contribution is 8.14. The summed E-state index contributed by atoms with van der Waals surface area (Å²) in [6.45, 7) is 0. The summed E-state index contributed by atoms with van der Waals surface area (Å²) in [6.07, 6.45) is 1.72. The second-order valence-electron chi connectivity index (χ2n) is 2.80. The van der Waals surface area contributed by atoms with E-state index in [-0.39, 0.29) is 10.5 Å². The van der Waals surface area contributed by atoms with E-state index in [1.807, 2.05) is 0 Å². The molecule has 0 saturated carbocycles. The Kier molecular flexibility index (Phi) is 4.23. The molecule has 0 aliphatic heterocycles. The highest BCUT2D eigenvalue weighted by Gasteiger charge is 2.18. The molecule has 0 bridgehead atoms. The molecule has 0 N–H and O–H groups in total. The lowest BCUT2D eigenvalue weighted by molar-refractivity contribution is 0.0600. The molecule has 4 nitrogen and oxygen atoms in total. The van der Waals surface area contributed by atoms with Gasteiger partial charge in [-0.3, -0.25) is 0 Å². The zero-order chi connectivity index (χ0) is 12.3. The van der Waals surface area contributed by atoms with Crippen molar-refractivity contribution in [1.29, 1.82) is 0 Å². The molecule has 0 atom stereocenters. The molecule has 0 spiro atoms. The second kappa shape index (κ2) is 5.07. The Labute approximate surface area is 102 Å². The number of thioether (sulfide) groups is 1. The maximum atomic E-state index is 11.3. The van der Waals surface area contributed by atoms with Gasteiger partial charge < -0.3 is 4.74 Å². The molecule has 1 aromatic carbocycles. The fraction of sp³-hybridized carbons (Fsp3) is 0.222. The number of hydrogen-bond acceptors (Lipinski definition) is 5. The number of esters is 1. The molecule has 1 rings (SSSR count). The molecular formula is C9H9ClO4S2. The van der Waals surface area contributed by atoms with Gasteiger partial charge in [-0.25, -0.2) is 13.2 Å². The number of hydrogen-bond donors (Lipinski definition) is 0. The Bertz CT molecular complexity index is 510. The van der Waals surface area contributed by atoms with Crippen molar-refractivity contribution in [2.45, 2.75) is 9.79 Å². The van der Waals surface area contributed by atoms with Crippen molar-refractivity contribution in [1.82, 2.24) is 0 Å². The first-order valence-corrected chi connectivity index (χ1v) is 7.64. The van der Waals surface area contributed by atoms with Gasteiger partial charge >= 0.3 is 5.97 Å². The molecule has 0 aliphatic rings. The summed E-state index contributed by atoms with van der Waals surface area (Å²) in [7, 11) is 2.62. The van der Waals surface area contributed by atoms with Crippen molar-refractivity contribution in [3.63, 3.8) is 0 Å². The van der Waals surface area contributed by atoms with Crippen LogP contribution in [0.1, 0.15) is 10.4 Å². The minimum Gasteiger partial charge on any atom is -0.465 e. The van der Waals surface area contributed by atoms with Crippen molar-refractivity contribution in [2.75, 3.05) is 13.4 Å². The molecule has 16 heavy (non-hydrogen) atoms. The molecule has 0 amide bonds. The average molecular weight is 281 g/mol. The molecule has 0 unspecified atom stereocenters. The van der Waals surface area contributed by atoms with Crippen LogP contribution in [0.4, 0.5) is 0 Å². The summed E-state index contributed by atoms with van der Waals surface area (Å²) in [5.74, 6) is -0.603. The van der Waals surface area contributed by atoms with Crippen LogP contribution in [-0.2, 0) is 13.8 Å². The first-order chi connectivity index (χ1) is 7.40. The topological polar surface area (TPSA) is 60.4 Å². The molecule has 0 aromatic heterocycles. The normalized spacial score (nSPS) is 11.2. The summed E-state index contributed by atoms with van der Waals surface area (Å²) >= 11 is 1.23. The Morgan fingerprint density at radius 3 is 2.50 bits per heavy atom. The molecule has 0 heterocycles. The number of carbonyl (C=O) groups excluding carboxylic acids is 1. The number of benzene rings is 1. The van der Waals surface area contributed by atoms with E-state index in [0.29, 0.717) is 4.90 Å². The lowest BCUT2D eigenvalue weighted by Gasteiger charge is -2.06. The zero-order valence-corrected chi connectivity index (χ0v) is 10.9. The summed E-state index contributed by atoms with van der Waals surface area (Å²) in [4.78, 5) is 11.6. The number of ether oxygens (including phenoxy) is 1. The van der Waals surface area contributed by atoms with Crippen LogP contribution in [0.25, 0.3) is 0 Å². The van der Waals surface area contributed by atoms with Crippen LogP contribution in [0.5, 0.6) is 0 Å². The first-order valence-electron chi connectivity index (χ1n) is 4.11. The quantitative estimate of drug-likeness (QED) is 0.482. The van der Waals surface area contributed by atoms with E-state index in [9.17, 15) is 13.2 Å². The SMILES string of the molecule is COC(=O)c1ccc(SC)c(S(=O)(=O)Cl)c1. The maximum Gasteiger partial charge on any atom is 0.337 e. The lowest BCUT2D eigenvalue weighted by Crippen LogP contribution is -2.03. The highest BCUT2D eigenvalue weighted by Crippen LogP contribution is 2.28. The third kappa shape index (κ3) is 2.90. The average Bonchev–Trinajstić information content (AvgIpc) is 2.26. The van der Waals surface area contributed by atoms with E-state index in [1.54, 1.807) is 6.26 Å². The van der Waals surface area contributed by atoms with Gasteiger partial charge in [-0.05, 0) is 24.5 Å². The third-order valence-corrected chi connectivity index (χ3v) is 4.13. The summed E-state index contributed by atoms with van der Waals surface area (Å²) in [5, 5.41) is 0. The minimum atomic E-state index is -3.87. The Morgan fingerprint density at radius 2 is 2.06 bits per heavy atom. The van der Waals surface area contributed by atoms with Crippen LogP contribution in [-0.4, -0.2) is 27.8 Å². The summed E-state index contributed by atoms with van der Waals surface area (Å²) in [5.41, 5.74) is 0.152. The van der Waals surface area contributed by atoms with Gasteiger partial charge in [0, 0.05) is 15.6 Å². The monoisotopic (exact) mass is 280 g/mol. The van der Waals surface area contributed by atoms with Crippen molar-refractivity contribution in [3.8, 4) is 0 Å². The largest absolute Gasteiger partial charge is 0.465 e. The Balaban J connectivity index is 3.39. The Hall–Kier alpha value is -0.720. The van der Waals surface area contributed by atoms with E-state index < -0.39 is 15.0 Å². The number of rotatable bonds is 3. The molecule has 7 heteroatoms. The lowest BCUT2D eigenvalue weighted by atomic mass is 10.2. The van der Waals surface area contributed by atoms with Gasteiger partial charge in [0.1, 0.15) is 0 Å². The van der Waals surface area contributed by atoms with E-state index in [2.05, 4.69) is 4.74 Å². The zero-order valence-electron chi connectivity index (χ0n) is 8.56. The maximum absolute atomic E-state index is 11.3. The number of carbonyl (C=O) groups is 1. The molecule has 88 valence electrons. The van der Waals surface area contributed by atoms with Crippen LogP contribution in [0.15, 0.2) is 28.0 Å². The fourth-order valence-corrected chi connectivity index (χ4v) is 3.25. The number of halogens is 1. The van der Waals surface area contributed by atoms with Crippen molar-refractivity contribution in [3.05, 3.63) is 23.8 Å². The van der Waals surface area contributed by atoms with Crippen LogP contribution >= 0.6 is 22.4 Å². The predicted octanol–water partition coefficient (Wildman–Crippen LogP) is 2.12. The van der Waals surface area contributed by atoms with Crippen LogP contribution in [0.2, 0.25) is 0 Å². The van der Waals surface area contributed by atoms with Crippen LogP contribution in [0.3, 0.4) is 0 Å².